The Bertz CT molecular complexity index is 831. The van der Waals surface area contributed by atoms with E-state index in [9.17, 15) is 4.79 Å². The number of aromatic nitrogens is 3. The molecule has 2 heterocycles. The number of rotatable bonds is 2. The van der Waals surface area contributed by atoms with Crippen LogP contribution in [0.4, 0.5) is 10.5 Å². The molecule has 0 atom stereocenters. The van der Waals surface area contributed by atoms with Crippen molar-refractivity contribution >= 4 is 29.0 Å². The molecule has 3 rings (SSSR count). The average molecular weight is 303 g/mol. The summed E-state index contributed by atoms with van der Waals surface area (Å²) in [5, 5.41) is 13.7. The first-order chi connectivity index (χ1) is 10.1. The van der Waals surface area contributed by atoms with E-state index in [1.54, 1.807) is 35.0 Å². The van der Waals surface area contributed by atoms with Crippen LogP contribution in [-0.2, 0) is 0 Å². The van der Waals surface area contributed by atoms with Crippen molar-refractivity contribution in [2.45, 2.75) is 0 Å². The standard InChI is InChI=1S/C14H11ClN4O2/c1-18(14(20)21)10-4-2-3-9(7-10)12-5-6-16-13-11(15)8-17-19(12)13/h2-8H,1H3,(H,20,21). The van der Waals surface area contributed by atoms with Crippen LogP contribution in [0.25, 0.3) is 16.9 Å². The van der Waals surface area contributed by atoms with E-state index < -0.39 is 6.09 Å². The predicted octanol–water partition coefficient (Wildman–Crippen LogP) is 3.16. The molecule has 2 aromatic heterocycles. The van der Waals surface area contributed by atoms with E-state index in [0.717, 1.165) is 16.2 Å². The molecule has 0 aliphatic rings. The van der Waals surface area contributed by atoms with Crippen molar-refractivity contribution in [3.8, 4) is 11.3 Å². The molecule has 0 radical (unpaired) electrons. The number of carboxylic acid groups (broad SMARTS) is 1. The second kappa shape index (κ2) is 5.06. The summed E-state index contributed by atoms with van der Waals surface area (Å²) in [5.41, 5.74) is 2.75. The lowest BCUT2D eigenvalue weighted by molar-refractivity contribution is 0.203. The number of amides is 1. The van der Waals surface area contributed by atoms with Gasteiger partial charge in [-0.05, 0) is 18.2 Å². The Balaban J connectivity index is 2.15. The van der Waals surface area contributed by atoms with Gasteiger partial charge in [-0.1, -0.05) is 23.7 Å². The highest BCUT2D eigenvalue weighted by atomic mass is 35.5. The van der Waals surface area contributed by atoms with Crippen LogP contribution in [0.1, 0.15) is 0 Å². The Labute approximate surface area is 125 Å². The molecule has 1 N–H and O–H groups in total. The van der Waals surface area contributed by atoms with Gasteiger partial charge in [0.2, 0.25) is 0 Å². The number of anilines is 1. The topological polar surface area (TPSA) is 70.7 Å². The fourth-order valence-corrected chi connectivity index (χ4v) is 2.24. The lowest BCUT2D eigenvalue weighted by atomic mass is 10.1. The van der Waals surface area contributed by atoms with E-state index >= 15 is 0 Å². The van der Waals surface area contributed by atoms with Gasteiger partial charge >= 0.3 is 6.09 Å². The van der Waals surface area contributed by atoms with Crippen molar-refractivity contribution in [1.29, 1.82) is 0 Å². The third-order valence-corrected chi connectivity index (χ3v) is 3.44. The summed E-state index contributed by atoms with van der Waals surface area (Å²) in [4.78, 5) is 16.4. The second-order valence-corrected chi connectivity index (χ2v) is 4.86. The minimum atomic E-state index is -1.02. The number of nitrogens with zero attached hydrogens (tertiary/aromatic N) is 4. The maximum Gasteiger partial charge on any atom is 0.411 e. The molecule has 3 aromatic rings. The molecule has 0 fully saturated rings. The normalized spacial score (nSPS) is 10.8. The van der Waals surface area contributed by atoms with Crippen molar-refractivity contribution in [1.82, 2.24) is 14.6 Å². The van der Waals surface area contributed by atoms with E-state index in [1.807, 2.05) is 6.07 Å². The molecule has 6 nitrogen and oxygen atoms in total. The van der Waals surface area contributed by atoms with Gasteiger partial charge in [-0.3, -0.25) is 4.90 Å². The van der Waals surface area contributed by atoms with Gasteiger partial charge in [0.25, 0.3) is 0 Å². The Kier molecular flexibility index (Phi) is 3.23. The van der Waals surface area contributed by atoms with Crippen LogP contribution in [0.3, 0.4) is 0 Å². The quantitative estimate of drug-likeness (QED) is 0.789. The van der Waals surface area contributed by atoms with Crippen molar-refractivity contribution < 1.29 is 9.90 Å². The van der Waals surface area contributed by atoms with Gasteiger partial charge in [0.15, 0.2) is 5.65 Å². The second-order valence-electron chi connectivity index (χ2n) is 4.45. The Hall–Kier alpha value is -2.60. The van der Waals surface area contributed by atoms with Gasteiger partial charge in [-0.25, -0.2) is 14.3 Å². The molecule has 21 heavy (non-hydrogen) atoms. The number of hydrogen-bond donors (Lipinski definition) is 1. The minimum Gasteiger partial charge on any atom is -0.465 e. The first kappa shape index (κ1) is 13.4. The van der Waals surface area contributed by atoms with E-state index in [-0.39, 0.29) is 0 Å². The molecule has 0 aliphatic heterocycles. The number of carbonyl (C=O) groups is 1. The van der Waals surface area contributed by atoms with Crippen LogP contribution >= 0.6 is 11.6 Å². The highest BCUT2D eigenvalue weighted by molar-refractivity contribution is 6.33. The smallest absolute Gasteiger partial charge is 0.411 e. The average Bonchev–Trinajstić information content (AvgIpc) is 2.88. The van der Waals surface area contributed by atoms with E-state index in [1.165, 1.54) is 13.2 Å². The third-order valence-electron chi connectivity index (χ3n) is 3.17. The van der Waals surface area contributed by atoms with Crippen molar-refractivity contribution in [3.63, 3.8) is 0 Å². The van der Waals surface area contributed by atoms with Gasteiger partial charge < -0.3 is 5.11 Å². The molecule has 106 valence electrons. The summed E-state index contributed by atoms with van der Waals surface area (Å²) in [6.07, 6.45) is 2.15. The molecule has 0 saturated carbocycles. The molecule has 1 aromatic carbocycles. The van der Waals surface area contributed by atoms with Gasteiger partial charge in [0.1, 0.15) is 5.02 Å². The first-order valence-electron chi connectivity index (χ1n) is 6.13. The van der Waals surface area contributed by atoms with Crippen LogP contribution in [0.5, 0.6) is 0 Å². The summed E-state index contributed by atoms with van der Waals surface area (Å²) >= 11 is 6.02. The first-order valence-corrected chi connectivity index (χ1v) is 6.51. The fourth-order valence-electron chi connectivity index (χ4n) is 2.07. The summed E-state index contributed by atoms with van der Waals surface area (Å²) in [5.74, 6) is 0. The summed E-state index contributed by atoms with van der Waals surface area (Å²) in [6, 6.07) is 8.98. The molecule has 7 heteroatoms. The Morgan fingerprint density at radius 1 is 1.38 bits per heavy atom. The Morgan fingerprint density at radius 2 is 2.19 bits per heavy atom. The van der Waals surface area contributed by atoms with Crippen LogP contribution in [-0.4, -0.2) is 32.8 Å². The van der Waals surface area contributed by atoms with Gasteiger partial charge in [0, 0.05) is 24.5 Å². The molecule has 0 saturated heterocycles. The monoisotopic (exact) mass is 302 g/mol. The molecule has 0 aliphatic carbocycles. The Morgan fingerprint density at radius 3 is 2.95 bits per heavy atom. The molecular formula is C14H11ClN4O2. The lowest BCUT2D eigenvalue weighted by Crippen LogP contribution is -2.23. The summed E-state index contributed by atoms with van der Waals surface area (Å²) in [7, 11) is 1.49. The van der Waals surface area contributed by atoms with Crippen LogP contribution in [0.15, 0.2) is 42.7 Å². The molecule has 1 amide bonds. The third kappa shape index (κ3) is 2.30. The highest BCUT2D eigenvalue weighted by Crippen LogP contribution is 2.26. The molecular weight excluding hydrogens is 292 g/mol. The number of benzene rings is 1. The molecule has 0 unspecified atom stereocenters. The fraction of sp³-hybridized carbons (Fsp3) is 0.0714. The minimum absolute atomic E-state index is 0.468. The molecule has 0 spiro atoms. The van der Waals surface area contributed by atoms with E-state index in [0.29, 0.717) is 16.4 Å². The highest BCUT2D eigenvalue weighted by Gasteiger charge is 2.12. The van der Waals surface area contributed by atoms with Gasteiger partial charge in [-0.15, -0.1) is 0 Å². The lowest BCUT2D eigenvalue weighted by Gasteiger charge is -2.14. The largest absolute Gasteiger partial charge is 0.465 e. The zero-order valence-corrected chi connectivity index (χ0v) is 11.8. The maximum absolute atomic E-state index is 11.0. The molecule has 0 bridgehead atoms. The number of halogens is 1. The van der Waals surface area contributed by atoms with Crippen molar-refractivity contribution in [3.05, 3.63) is 47.7 Å². The maximum atomic E-state index is 11.0. The SMILES string of the molecule is CN(C(=O)O)c1cccc(-c2ccnc3c(Cl)cnn23)c1. The zero-order valence-electron chi connectivity index (χ0n) is 11.1. The number of fused-ring (bicyclic) bond motifs is 1. The zero-order chi connectivity index (χ0) is 15.0. The van der Waals surface area contributed by atoms with Gasteiger partial charge in [0.05, 0.1) is 11.9 Å². The van der Waals surface area contributed by atoms with Crippen LogP contribution in [0.2, 0.25) is 5.02 Å². The predicted molar refractivity (Wildman–Crippen MR) is 79.9 cm³/mol. The number of hydrogen-bond acceptors (Lipinski definition) is 3. The van der Waals surface area contributed by atoms with Crippen LogP contribution < -0.4 is 4.90 Å². The summed E-state index contributed by atoms with van der Waals surface area (Å²) < 4.78 is 1.63. The van der Waals surface area contributed by atoms with Gasteiger partial charge in [-0.2, -0.15) is 5.10 Å². The summed E-state index contributed by atoms with van der Waals surface area (Å²) in [6.45, 7) is 0. The van der Waals surface area contributed by atoms with Crippen molar-refractivity contribution in [2.75, 3.05) is 11.9 Å². The van der Waals surface area contributed by atoms with Crippen molar-refractivity contribution in [2.24, 2.45) is 0 Å². The van der Waals surface area contributed by atoms with E-state index in [2.05, 4.69) is 10.1 Å². The van der Waals surface area contributed by atoms with E-state index in [4.69, 9.17) is 16.7 Å². The van der Waals surface area contributed by atoms with Crippen LogP contribution in [0, 0.1) is 0 Å².